The molecule has 0 heterocycles. The minimum atomic E-state index is -0.422. The van der Waals surface area contributed by atoms with Gasteiger partial charge in [0, 0.05) is 6.04 Å². The van der Waals surface area contributed by atoms with Gasteiger partial charge in [-0.15, -0.1) is 0 Å². The first kappa shape index (κ1) is 13.8. The van der Waals surface area contributed by atoms with Gasteiger partial charge in [-0.1, -0.05) is 36.9 Å². The lowest BCUT2D eigenvalue weighted by molar-refractivity contribution is 0.220. The number of aliphatic hydroxyl groups excluding tert-OH is 1. The first-order chi connectivity index (χ1) is 8.70. The molecule has 2 rings (SSSR count). The maximum Gasteiger partial charge on any atom is 0.141 e. The summed E-state index contributed by atoms with van der Waals surface area (Å²) in [6, 6.07) is 4.90. The van der Waals surface area contributed by atoms with Crippen molar-refractivity contribution in [1.29, 1.82) is 0 Å². The van der Waals surface area contributed by atoms with Crippen molar-refractivity contribution < 1.29 is 9.50 Å². The molecule has 1 unspecified atom stereocenters. The Balaban J connectivity index is 2.04. The molecular weight excluding hydrogens is 253 g/mol. The van der Waals surface area contributed by atoms with Crippen LogP contribution in [0.15, 0.2) is 18.2 Å². The van der Waals surface area contributed by atoms with Crippen LogP contribution >= 0.6 is 11.6 Å². The Morgan fingerprint density at radius 3 is 2.67 bits per heavy atom. The van der Waals surface area contributed by atoms with Gasteiger partial charge in [-0.05, 0) is 30.5 Å². The van der Waals surface area contributed by atoms with E-state index in [9.17, 15) is 9.50 Å². The van der Waals surface area contributed by atoms with E-state index >= 15 is 0 Å². The van der Waals surface area contributed by atoms with Crippen molar-refractivity contribution in [2.75, 3.05) is 6.61 Å². The number of hydrogen-bond acceptors (Lipinski definition) is 2. The highest BCUT2D eigenvalue weighted by molar-refractivity contribution is 6.30. The van der Waals surface area contributed by atoms with Gasteiger partial charge in [0.25, 0.3) is 0 Å². The molecule has 0 amide bonds. The molecule has 2 N–H and O–H groups in total. The molecule has 4 heteroatoms. The van der Waals surface area contributed by atoms with Gasteiger partial charge in [0.2, 0.25) is 0 Å². The third-order valence-electron chi connectivity index (χ3n) is 3.57. The zero-order valence-corrected chi connectivity index (χ0v) is 11.1. The predicted octanol–water partition coefficient (Wildman–Crippen LogP) is 3.43. The van der Waals surface area contributed by atoms with Crippen molar-refractivity contribution in [3.8, 4) is 0 Å². The molecule has 0 spiro atoms. The Kier molecular flexibility index (Phi) is 4.98. The van der Waals surface area contributed by atoms with E-state index < -0.39 is 5.82 Å². The van der Waals surface area contributed by atoms with Crippen molar-refractivity contribution in [3.05, 3.63) is 34.6 Å². The van der Waals surface area contributed by atoms with Crippen LogP contribution in [0.1, 0.15) is 43.7 Å². The lowest BCUT2D eigenvalue weighted by atomic mass is 9.94. The monoisotopic (exact) mass is 271 g/mol. The third kappa shape index (κ3) is 3.44. The van der Waals surface area contributed by atoms with E-state index in [1.54, 1.807) is 12.1 Å². The number of hydrogen-bond donors (Lipinski definition) is 2. The number of rotatable bonds is 4. The summed E-state index contributed by atoms with van der Waals surface area (Å²) < 4.78 is 13.1. The molecule has 0 aromatic heterocycles. The lowest BCUT2D eigenvalue weighted by Gasteiger charge is -2.28. The zero-order chi connectivity index (χ0) is 13.0. The Hall–Kier alpha value is -0.640. The molecule has 1 saturated carbocycles. The molecule has 1 aliphatic rings. The number of nitrogens with one attached hydrogen (secondary N) is 1. The molecule has 1 aromatic rings. The average molecular weight is 272 g/mol. The summed E-state index contributed by atoms with van der Waals surface area (Å²) in [6.45, 7) is -0.00153. The van der Waals surface area contributed by atoms with Crippen molar-refractivity contribution in [3.63, 3.8) is 0 Å². The average Bonchev–Trinajstić information content (AvgIpc) is 2.40. The summed E-state index contributed by atoms with van der Waals surface area (Å²) in [7, 11) is 0. The van der Waals surface area contributed by atoms with Gasteiger partial charge in [0.15, 0.2) is 0 Å². The molecular formula is C14H19ClFNO. The highest BCUT2D eigenvalue weighted by Crippen LogP contribution is 2.24. The van der Waals surface area contributed by atoms with Crippen LogP contribution in [-0.2, 0) is 0 Å². The van der Waals surface area contributed by atoms with Crippen molar-refractivity contribution in [2.24, 2.45) is 0 Å². The van der Waals surface area contributed by atoms with E-state index in [1.807, 2.05) is 0 Å². The predicted molar refractivity (Wildman–Crippen MR) is 71.2 cm³/mol. The fourth-order valence-electron chi connectivity index (χ4n) is 2.54. The van der Waals surface area contributed by atoms with Gasteiger partial charge in [-0.25, -0.2) is 4.39 Å². The molecule has 1 atom stereocenters. The maximum atomic E-state index is 13.1. The van der Waals surface area contributed by atoms with Gasteiger partial charge in [0.05, 0.1) is 17.7 Å². The van der Waals surface area contributed by atoms with E-state index in [4.69, 9.17) is 11.6 Å². The molecule has 0 radical (unpaired) electrons. The van der Waals surface area contributed by atoms with Gasteiger partial charge >= 0.3 is 0 Å². The second kappa shape index (κ2) is 6.50. The topological polar surface area (TPSA) is 32.3 Å². The molecule has 1 fully saturated rings. The molecule has 2 nitrogen and oxygen atoms in total. The summed E-state index contributed by atoms with van der Waals surface area (Å²) >= 11 is 5.77. The largest absolute Gasteiger partial charge is 0.394 e. The molecule has 1 aromatic carbocycles. The van der Waals surface area contributed by atoms with Crippen LogP contribution in [0.5, 0.6) is 0 Å². The van der Waals surface area contributed by atoms with Crippen molar-refractivity contribution in [2.45, 2.75) is 44.2 Å². The first-order valence-electron chi connectivity index (χ1n) is 6.52. The fraction of sp³-hybridized carbons (Fsp3) is 0.571. The highest BCUT2D eigenvalue weighted by Gasteiger charge is 2.19. The fourth-order valence-corrected chi connectivity index (χ4v) is 2.73. The van der Waals surface area contributed by atoms with Crippen molar-refractivity contribution >= 4 is 11.6 Å². The third-order valence-corrected chi connectivity index (χ3v) is 3.86. The quantitative estimate of drug-likeness (QED) is 0.879. The first-order valence-corrected chi connectivity index (χ1v) is 6.90. The molecule has 18 heavy (non-hydrogen) atoms. The molecule has 0 saturated heterocycles. The number of aliphatic hydroxyl groups is 1. The lowest BCUT2D eigenvalue weighted by Crippen LogP contribution is -2.36. The van der Waals surface area contributed by atoms with E-state index in [0.717, 1.165) is 18.4 Å². The molecule has 1 aliphatic carbocycles. The van der Waals surface area contributed by atoms with Crippen LogP contribution in [0.3, 0.4) is 0 Å². The summed E-state index contributed by atoms with van der Waals surface area (Å²) in [6.07, 6.45) is 6.06. The minimum absolute atomic E-state index is 0.00153. The second-order valence-corrected chi connectivity index (χ2v) is 5.32. The van der Waals surface area contributed by atoms with Crippen LogP contribution in [0, 0.1) is 5.82 Å². The minimum Gasteiger partial charge on any atom is -0.394 e. The Labute approximate surface area is 112 Å². The Morgan fingerprint density at radius 1 is 1.33 bits per heavy atom. The smallest absolute Gasteiger partial charge is 0.141 e. The molecule has 0 bridgehead atoms. The summed E-state index contributed by atoms with van der Waals surface area (Å²) in [5.74, 6) is -0.422. The number of benzene rings is 1. The highest BCUT2D eigenvalue weighted by atomic mass is 35.5. The van der Waals surface area contributed by atoms with Gasteiger partial charge in [-0.2, -0.15) is 0 Å². The standard InChI is InChI=1S/C14H19ClFNO/c15-12-8-10(6-7-13(12)16)14(9-18)17-11-4-2-1-3-5-11/h6-8,11,14,17-18H,1-5,9H2. The van der Waals surface area contributed by atoms with Gasteiger partial charge in [-0.3, -0.25) is 0 Å². The summed E-state index contributed by atoms with van der Waals surface area (Å²) in [5, 5.41) is 13.0. The summed E-state index contributed by atoms with van der Waals surface area (Å²) in [5.41, 5.74) is 0.842. The van der Waals surface area contributed by atoms with E-state index in [1.165, 1.54) is 25.3 Å². The van der Waals surface area contributed by atoms with E-state index in [-0.39, 0.29) is 17.7 Å². The van der Waals surface area contributed by atoms with Gasteiger partial charge < -0.3 is 10.4 Å². The van der Waals surface area contributed by atoms with Crippen LogP contribution in [-0.4, -0.2) is 17.8 Å². The van der Waals surface area contributed by atoms with Crippen LogP contribution in [0.2, 0.25) is 5.02 Å². The second-order valence-electron chi connectivity index (χ2n) is 4.91. The molecule has 100 valence electrons. The Bertz CT molecular complexity index is 393. The SMILES string of the molecule is OCC(NC1CCCCC1)c1ccc(F)c(Cl)c1. The number of halogens is 2. The van der Waals surface area contributed by atoms with E-state index in [2.05, 4.69) is 5.32 Å². The molecule has 0 aliphatic heterocycles. The normalized spacial score (nSPS) is 18.8. The zero-order valence-electron chi connectivity index (χ0n) is 10.3. The Morgan fingerprint density at radius 2 is 2.06 bits per heavy atom. The van der Waals surface area contributed by atoms with Crippen LogP contribution in [0.4, 0.5) is 4.39 Å². The van der Waals surface area contributed by atoms with E-state index in [0.29, 0.717) is 6.04 Å². The maximum absolute atomic E-state index is 13.1. The van der Waals surface area contributed by atoms with Crippen LogP contribution in [0.25, 0.3) is 0 Å². The van der Waals surface area contributed by atoms with Crippen LogP contribution < -0.4 is 5.32 Å². The van der Waals surface area contributed by atoms with Crippen molar-refractivity contribution in [1.82, 2.24) is 5.32 Å². The summed E-state index contributed by atoms with van der Waals surface area (Å²) in [4.78, 5) is 0. The van der Waals surface area contributed by atoms with Gasteiger partial charge in [0.1, 0.15) is 5.82 Å².